The number of aromatic nitrogens is 5. The van der Waals surface area contributed by atoms with E-state index in [-0.39, 0.29) is 35.2 Å². The highest BCUT2D eigenvalue weighted by Gasteiger charge is 2.39. The molecule has 0 aliphatic carbocycles. The molecule has 1 fully saturated rings. The molecule has 10 nitrogen and oxygen atoms in total. The van der Waals surface area contributed by atoms with Crippen LogP contribution >= 0.6 is 0 Å². The summed E-state index contributed by atoms with van der Waals surface area (Å²) in [5, 5.41) is 11.8. The Morgan fingerprint density at radius 2 is 1.93 bits per heavy atom. The zero-order valence-corrected chi connectivity index (χ0v) is 26.0. The van der Waals surface area contributed by atoms with E-state index in [0.717, 1.165) is 27.7 Å². The number of pyridine rings is 3. The van der Waals surface area contributed by atoms with Gasteiger partial charge in [0.1, 0.15) is 17.2 Å². The Hall–Kier alpha value is -5.06. The first-order chi connectivity index (χ1) is 21.6. The van der Waals surface area contributed by atoms with Crippen molar-refractivity contribution < 1.29 is 9.18 Å². The topological polar surface area (TPSA) is 112 Å². The first-order valence-electron chi connectivity index (χ1n) is 15.2. The highest BCUT2D eigenvalue weighted by molar-refractivity contribution is 6.02. The van der Waals surface area contributed by atoms with E-state index in [1.165, 1.54) is 12.1 Å². The first-order valence-corrected chi connectivity index (χ1v) is 15.2. The molecule has 4 aromatic heterocycles. The second-order valence-corrected chi connectivity index (χ2v) is 12.4. The number of aryl methyl sites for hydroxylation is 2. The molecular formula is C34H35FN8O2. The van der Waals surface area contributed by atoms with Gasteiger partial charge in [0.05, 0.1) is 34.8 Å². The maximum atomic E-state index is 16.5. The number of nitrogens with zero attached hydrogens (tertiary/aromatic N) is 6. The second kappa shape index (κ2) is 10.5. The molecule has 0 radical (unpaired) electrons. The van der Waals surface area contributed by atoms with E-state index in [1.807, 2.05) is 52.8 Å². The molecule has 0 spiro atoms. The lowest BCUT2D eigenvalue weighted by Gasteiger charge is -2.49. The zero-order chi connectivity index (χ0) is 31.7. The Morgan fingerprint density at radius 3 is 2.69 bits per heavy atom. The smallest absolute Gasteiger partial charge is 0.282 e. The number of nitrogens with one attached hydrogen (secondary N) is 2. The lowest BCUT2D eigenvalue weighted by Crippen LogP contribution is -2.62. The summed E-state index contributed by atoms with van der Waals surface area (Å²) >= 11 is 0. The third-order valence-electron chi connectivity index (χ3n) is 9.17. The van der Waals surface area contributed by atoms with E-state index < -0.39 is 5.82 Å². The molecule has 0 saturated carbocycles. The van der Waals surface area contributed by atoms with E-state index in [1.54, 1.807) is 21.9 Å². The van der Waals surface area contributed by atoms with Crippen molar-refractivity contribution in [1.29, 1.82) is 0 Å². The third-order valence-corrected chi connectivity index (χ3v) is 9.17. The average molecular weight is 607 g/mol. The van der Waals surface area contributed by atoms with Crippen LogP contribution in [0.2, 0.25) is 0 Å². The van der Waals surface area contributed by atoms with Gasteiger partial charge in [-0.3, -0.25) is 24.2 Å². The number of anilines is 2. The van der Waals surface area contributed by atoms with E-state index in [2.05, 4.69) is 32.0 Å². The van der Waals surface area contributed by atoms with Crippen LogP contribution in [0.3, 0.4) is 0 Å². The van der Waals surface area contributed by atoms with Crippen LogP contribution in [0.5, 0.6) is 0 Å². The van der Waals surface area contributed by atoms with Gasteiger partial charge in [-0.2, -0.15) is 5.10 Å². The number of aromatic amines is 1. The van der Waals surface area contributed by atoms with Crippen LogP contribution in [0.15, 0.2) is 54.1 Å². The lowest BCUT2D eigenvalue weighted by molar-refractivity contribution is -0.128. The predicted molar refractivity (Wildman–Crippen MR) is 175 cm³/mol. The van der Waals surface area contributed by atoms with Crippen LogP contribution in [0, 0.1) is 19.7 Å². The van der Waals surface area contributed by atoms with E-state index in [0.29, 0.717) is 53.3 Å². The van der Waals surface area contributed by atoms with Gasteiger partial charge in [-0.15, -0.1) is 0 Å². The highest BCUT2D eigenvalue weighted by atomic mass is 19.1. The fourth-order valence-corrected chi connectivity index (χ4v) is 6.96. The molecule has 1 saturated heterocycles. The Kier molecular flexibility index (Phi) is 6.72. The van der Waals surface area contributed by atoms with Gasteiger partial charge in [-0.25, -0.2) is 9.37 Å². The molecule has 1 aromatic carbocycles. The van der Waals surface area contributed by atoms with Gasteiger partial charge in [0.2, 0.25) is 5.91 Å². The van der Waals surface area contributed by atoms with Gasteiger partial charge < -0.3 is 15.1 Å². The Bertz CT molecular complexity index is 2100. The zero-order valence-electron chi connectivity index (χ0n) is 26.0. The van der Waals surface area contributed by atoms with Crippen molar-refractivity contribution in [2.75, 3.05) is 29.9 Å². The van der Waals surface area contributed by atoms with E-state index >= 15 is 4.39 Å². The fraction of sp³-hybridized carbons (Fsp3) is 0.324. The van der Waals surface area contributed by atoms with Crippen LogP contribution in [0.25, 0.3) is 38.9 Å². The molecule has 5 aromatic rings. The van der Waals surface area contributed by atoms with Crippen molar-refractivity contribution in [2.24, 2.45) is 0 Å². The molecule has 6 heterocycles. The number of benzene rings is 1. The average Bonchev–Trinajstić information content (AvgIpc) is 3.50. The largest absolute Gasteiger partial charge is 0.377 e. The van der Waals surface area contributed by atoms with Gasteiger partial charge in [0.25, 0.3) is 5.56 Å². The molecule has 1 amide bonds. The maximum absolute atomic E-state index is 16.5. The highest BCUT2D eigenvalue weighted by Crippen LogP contribution is 2.42. The fourth-order valence-electron chi connectivity index (χ4n) is 6.96. The molecule has 45 heavy (non-hydrogen) atoms. The number of carbonyl (C=O) groups is 1. The molecule has 2 unspecified atom stereocenters. The maximum Gasteiger partial charge on any atom is 0.282 e. The monoisotopic (exact) mass is 606 g/mol. The standard InChI is InChI=1S/C34H35FN8O2/c1-7-26(44)41-16-21-13-37-30-32(42(21)15-20(41)6)22-12-24(35)29(27-18(4)8-9-25-23(27)14-38-40-25)39-33(22)43(34(30)45)31-19(5)10-11-36-28(31)17(2)3/h7-12,14,17,20-21,37H,1,13,15-16H2,2-6H3,(H,38,40). The van der Waals surface area contributed by atoms with Crippen molar-refractivity contribution in [3.63, 3.8) is 0 Å². The molecule has 2 aliphatic rings. The van der Waals surface area contributed by atoms with Crippen LogP contribution < -0.4 is 15.8 Å². The second-order valence-electron chi connectivity index (χ2n) is 12.4. The minimum absolute atomic E-state index is 0.00777. The number of rotatable bonds is 4. The summed E-state index contributed by atoms with van der Waals surface area (Å²) in [6.45, 7) is 14.9. The number of hydrogen-bond donors (Lipinski definition) is 2. The van der Waals surface area contributed by atoms with Crippen molar-refractivity contribution in [1.82, 2.24) is 29.6 Å². The van der Waals surface area contributed by atoms with Crippen LogP contribution in [0.1, 0.15) is 43.5 Å². The quantitative estimate of drug-likeness (QED) is 0.270. The molecular weight excluding hydrogens is 571 g/mol. The molecule has 7 rings (SSSR count). The Balaban J connectivity index is 1.57. The molecule has 2 N–H and O–H groups in total. The first kappa shape index (κ1) is 28.7. The minimum Gasteiger partial charge on any atom is -0.377 e. The molecule has 0 bridgehead atoms. The van der Waals surface area contributed by atoms with Crippen molar-refractivity contribution in [3.8, 4) is 16.9 Å². The van der Waals surface area contributed by atoms with Crippen LogP contribution in [-0.2, 0) is 4.79 Å². The Morgan fingerprint density at radius 1 is 1.13 bits per heavy atom. The summed E-state index contributed by atoms with van der Waals surface area (Å²) in [5.74, 6) is -0.634. The van der Waals surface area contributed by atoms with Crippen molar-refractivity contribution in [3.05, 3.63) is 82.3 Å². The number of piperazine rings is 1. The third kappa shape index (κ3) is 4.32. The number of carbonyl (C=O) groups excluding carboxylic acids is 1. The Labute approximate surface area is 259 Å². The van der Waals surface area contributed by atoms with Crippen LogP contribution in [-0.4, -0.2) is 67.3 Å². The van der Waals surface area contributed by atoms with Crippen molar-refractivity contribution in [2.45, 2.75) is 52.6 Å². The number of amides is 1. The summed E-state index contributed by atoms with van der Waals surface area (Å²) in [4.78, 5) is 41.0. The summed E-state index contributed by atoms with van der Waals surface area (Å²) < 4.78 is 18.1. The van der Waals surface area contributed by atoms with Crippen LogP contribution in [0.4, 0.5) is 15.8 Å². The van der Waals surface area contributed by atoms with Crippen molar-refractivity contribution >= 4 is 39.2 Å². The number of H-pyrrole nitrogens is 1. The molecule has 11 heteroatoms. The van der Waals surface area contributed by atoms with Gasteiger partial charge in [-0.1, -0.05) is 26.5 Å². The van der Waals surface area contributed by atoms with E-state index in [9.17, 15) is 9.59 Å². The number of halogens is 1. The summed E-state index contributed by atoms with van der Waals surface area (Å²) in [7, 11) is 0. The lowest BCUT2D eigenvalue weighted by atomic mass is 9.98. The minimum atomic E-state index is -0.505. The molecule has 2 aliphatic heterocycles. The predicted octanol–water partition coefficient (Wildman–Crippen LogP) is 5.22. The SMILES string of the molecule is C=CC(=O)N1CC2CNc3c(c4cc(F)c(-c5c(C)ccc6[nH]ncc56)nc4n(-c4c(C)ccnc4C(C)C)c3=O)N2CC1C. The molecule has 230 valence electrons. The van der Waals surface area contributed by atoms with E-state index in [4.69, 9.17) is 4.98 Å². The van der Waals surface area contributed by atoms with Gasteiger partial charge in [0, 0.05) is 48.2 Å². The normalized spacial score (nSPS) is 17.8. The summed E-state index contributed by atoms with van der Waals surface area (Å²) in [6.07, 6.45) is 4.75. The summed E-state index contributed by atoms with van der Waals surface area (Å²) in [5.41, 5.74) is 5.65. The van der Waals surface area contributed by atoms with Gasteiger partial charge in [0.15, 0.2) is 5.65 Å². The summed E-state index contributed by atoms with van der Waals surface area (Å²) in [6, 6.07) is 6.91. The number of hydrogen-bond acceptors (Lipinski definition) is 7. The van der Waals surface area contributed by atoms with Gasteiger partial charge in [-0.05, 0) is 62.1 Å². The molecule has 2 atom stereocenters. The van der Waals surface area contributed by atoms with Gasteiger partial charge >= 0.3 is 0 Å². The number of fused-ring (bicyclic) bond motifs is 6.